The summed E-state index contributed by atoms with van der Waals surface area (Å²) in [5.74, 6) is 0.662. The lowest BCUT2D eigenvalue weighted by Crippen LogP contribution is -2.16. The summed E-state index contributed by atoms with van der Waals surface area (Å²) in [5.41, 5.74) is 22.0. The second-order valence-electron chi connectivity index (χ2n) is 22.6. The Kier molecular flexibility index (Phi) is 11.2. The first-order chi connectivity index (χ1) is 30.3. The van der Waals surface area contributed by atoms with Crippen LogP contribution in [0.1, 0.15) is 148 Å². The molecule has 2 aliphatic carbocycles. The molecular weight excluding hydrogens is 771 g/mol. The molecule has 0 spiro atoms. The van der Waals surface area contributed by atoms with Crippen LogP contribution in [0.15, 0.2) is 152 Å². The first-order valence-electron chi connectivity index (χ1n) is 24.0. The van der Waals surface area contributed by atoms with Crippen LogP contribution < -0.4 is 4.90 Å². The van der Waals surface area contributed by atoms with Gasteiger partial charge in [-0.15, -0.1) is 0 Å². The number of fused-ring (bicyclic) bond motifs is 3. The SMILES string of the molecule is CC(C)(C)c1cc(-c2cccc(N(c3cccc(-c4cccc(C5CCCCC5)c4)c3)c3ccc4c(c3)C(C)(C)c3ccccc3-4)c2)cc(-c2cc(C(C)(C)C)cc(C(C)(C)C)c2)c1. The third-order valence-electron chi connectivity index (χ3n) is 14.5. The smallest absolute Gasteiger partial charge is 0.0467 e. The van der Waals surface area contributed by atoms with E-state index in [0.717, 1.165) is 11.4 Å². The van der Waals surface area contributed by atoms with E-state index in [1.165, 1.54) is 116 Å². The van der Waals surface area contributed by atoms with Gasteiger partial charge in [-0.2, -0.15) is 0 Å². The zero-order valence-electron chi connectivity index (χ0n) is 40.5. The number of hydrogen-bond donors (Lipinski definition) is 0. The van der Waals surface area contributed by atoms with Crippen molar-refractivity contribution in [3.63, 3.8) is 0 Å². The maximum Gasteiger partial charge on any atom is 0.0467 e. The normalized spacial score (nSPS) is 15.2. The van der Waals surface area contributed by atoms with Gasteiger partial charge < -0.3 is 4.90 Å². The van der Waals surface area contributed by atoms with Gasteiger partial charge in [-0.3, -0.25) is 0 Å². The summed E-state index contributed by atoms with van der Waals surface area (Å²) in [5, 5.41) is 0. The summed E-state index contributed by atoms with van der Waals surface area (Å²) in [6.07, 6.45) is 6.64. The maximum atomic E-state index is 2.49. The Balaban J connectivity index is 1.20. The lowest BCUT2D eigenvalue weighted by Gasteiger charge is -2.29. The monoisotopic (exact) mass is 840 g/mol. The van der Waals surface area contributed by atoms with E-state index in [0.29, 0.717) is 5.92 Å². The van der Waals surface area contributed by atoms with Crippen molar-refractivity contribution in [3.05, 3.63) is 185 Å². The molecule has 0 unspecified atom stereocenters. The van der Waals surface area contributed by atoms with Gasteiger partial charge in [0.15, 0.2) is 0 Å². The van der Waals surface area contributed by atoms with Crippen LogP contribution in [0.3, 0.4) is 0 Å². The van der Waals surface area contributed by atoms with Crippen LogP contribution in [0, 0.1) is 0 Å². The highest BCUT2D eigenvalue weighted by atomic mass is 15.1. The molecule has 326 valence electrons. The maximum absolute atomic E-state index is 2.49. The Morgan fingerprint density at radius 1 is 0.391 bits per heavy atom. The van der Waals surface area contributed by atoms with Crippen molar-refractivity contribution < 1.29 is 0 Å². The molecule has 7 aromatic rings. The van der Waals surface area contributed by atoms with Crippen molar-refractivity contribution in [1.29, 1.82) is 0 Å². The summed E-state index contributed by atoms with van der Waals surface area (Å²) in [4.78, 5) is 2.49. The van der Waals surface area contributed by atoms with Crippen molar-refractivity contribution in [2.45, 2.75) is 136 Å². The molecule has 0 radical (unpaired) electrons. The van der Waals surface area contributed by atoms with Gasteiger partial charge in [-0.25, -0.2) is 0 Å². The zero-order chi connectivity index (χ0) is 45.2. The third-order valence-corrected chi connectivity index (χ3v) is 14.5. The minimum atomic E-state index is -0.113. The summed E-state index contributed by atoms with van der Waals surface area (Å²) in [7, 11) is 0. The van der Waals surface area contributed by atoms with Gasteiger partial charge in [0.25, 0.3) is 0 Å². The Morgan fingerprint density at radius 2 is 0.859 bits per heavy atom. The minimum absolute atomic E-state index is 0.0311. The summed E-state index contributed by atoms with van der Waals surface area (Å²) in [6.45, 7) is 25.8. The Bertz CT molecular complexity index is 2810. The molecule has 1 nitrogen and oxygen atoms in total. The van der Waals surface area contributed by atoms with Gasteiger partial charge in [0.05, 0.1) is 0 Å². The van der Waals surface area contributed by atoms with Crippen LogP contribution in [-0.2, 0) is 21.7 Å². The molecule has 1 fully saturated rings. The van der Waals surface area contributed by atoms with E-state index < -0.39 is 0 Å². The van der Waals surface area contributed by atoms with Gasteiger partial charge >= 0.3 is 0 Å². The highest BCUT2D eigenvalue weighted by Crippen LogP contribution is 2.51. The Morgan fingerprint density at radius 3 is 1.45 bits per heavy atom. The largest absolute Gasteiger partial charge is 0.310 e. The second-order valence-corrected chi connectivity index (χ2v) is 22.6. The van der Waals surface area contributed by atoms with E-state index in [9.17, 15) is 0 Å². The first kappa shape index (κ1) is 43.6. The fraction of sp³-hybridized carbons (Fsp3) is 0.333. The molecule has 0 atom stereocenters. The Labute approximate surface area is 385 Å². The topological polar surface area (TPSA) is 3.24 Å². The van der Waals surface area contributed by atoms with Gasteiger partial charge in [-0.05, 0) is 155 Å². The van der Waals surface area contributed by atoms with E-state index in [1.54, 1.807) is 0 Å². The molecule has 0 N–H and O–H groups in total. The second kappa shape index (κ2) is 16.4. The zero-order valence-corrected chi connectivity index (χ0v) is 40.5. The standard InChI is InChI=1S/C63H69N/c1-60(2,3)50-34-47(33-48(35-50)49-36-51(61(4,5)6)40-52(37-49)62(7,8)9)46-25-19-27-54(39-46)64(55-30-31-57-56-28-15-16-29-58(56)63(10,11)59(57)41-55)53-26-18-24-45(38-53)44-23-17-22-43(32-44)42-20-13-12-14-21-42/h15-19,22-42H,12-14,20-21H2,1-11H3. The molecular formula is C63H69N. The van der Waals surface area contributed by atoms with E-state index >= 15 is 0 Å². The Hall–Kier alpha value is -5.66. The highest BCUT2D eigenvalue weighted by molar-refractivity contribution is 5.88. The van der Waals surface area contributed by atoms with Crippen molar-refractivity contribution in [1.82, 2.24) is 0 Å². The molecule has 0 saturated heterocycles. The van der Waals surface area contributed by atoms with Crippen LogP contribution in [-0.4, -0.2) is 0 Å². The van der Waals surface area contributed by atoms with E-state index in [2.05, 4.69) is 233 Å². The van der Waals surface area contributed by atoms with Gasteiger partial charge in [0.1, 0.15) is 0 Å². The van der Waals surface area contributed by atoms with Crippen LogP contribution in [0.2, 0.25) is 0 Å². The highest BCUT2D eigenvalue weighted by Gasteiger charge is 2.36. The van der Waals surface area contributed by atoms with E-state index in [1.807, 2.05) is 0 Å². The fourth-order valence-electron chi connectivity index (χ4n) is 10.4. The number of benzene rings is 7. The average Bonchev–Trinajstić information content (AvgIpc) is 3.51. The van der Waals surface area contributed by atoms with Gasteiger partial charge in [0, 0.05) is 22.5 Å². The molecule has 0 amide bonds. The predicted octanol–water partition coefficient (Wildman–Crippen LogP) is 18.4. The van der Waals surface area contributed by atoms with Crippen molar-refractivity contribution in [2.24, 2.45) is 0 Å². The first-order valence-corrected chi connectivity index (χ1v) is 24.0. The summed E-state index contributed by atoms with van der Waals surface area (Å²) >= 11 is 0. The van der Waals surface area contributed by atoms with E-state index in [4.69, 9.17) is 0 Å². The van der Waals surface area contributed by atoms with Crippen LogP contribution in [0.5, 0.6) is 0 Å². The molecule has 1 heteroatoms. The predicted molar refractivity (Wildman–Crippen MR) is 277 cm³/mol. The van der Waals surface area contributed by atoms with Crippen LogP contribution in [0.25, 0.3) is 44.5 Å². The number of nitrogens with zero attached hydrogens (tertiary/aromatic N) is 1. The number of anilines is 3. The molecule has 9 rings (SSSR count). The molecule has 0 aromatic heterocycles. The van der Waals surface area contributed by atoms with Crippen molar-refractivity contribution >= 4 is 17.1 Å². The van der Waals surface area contributed by atoms with Crippen molar-refractivity contribution in [2.75, 3.05) is 4.90 Å². The molecule has 1 saturated carbocycles. The number of hydrogen-bond acceptors (Lipinski definition) is 1. The van der Waals surface area contributed by atoms with Crippen LogP contribution >= 0.6 is 0 Å². The fourth-order valence-corrected chi connectivity index (χ4v) is 10.4. The number of rotatable bonds is 7. The lowest BCUT2D eigenvalue weighted by atomic mass is 9.78. The third kappa shape index (κ3) is 8.52. The average molecular weight is 840 g/mol. The van der Waals surface area contributed by atoms with E-state index in [-0.39, 0.29) is 21.7 Å². The quantitative estimate of drug-likeness (QED) is 0.155. The van der Waals surface area contributed by atoms with Crippen molar-refractivity contribution in [3.8, 4) is 44.5 Å². The lowest BCUT2D eigenvalue weighted by molar-refractivity contribution is 0.444. The molecule has 0 heterocycles. The summed E-state index contributed by atoms with van der Waals surface area (Å²) in [6, 6.07) is 58.6. The minimum Gasteiger partial charge on any atom is -0.310 e. The summed E-state index contributed by atoms with van der Waals surface area (Å²) < 4.78 is 0. The van der Waals surface area contributed by atoms with Gasteiger partial charge in [0.2, 0.25) is 0 Å². The molecule has 0 aliphatic heterocycles. The molecule has 7 aromatic carbocycles. The van der Waals surface area contributed by atoms with Crippen LogP contribution in [0.4, 0.5) is 17.1 Å². The molecule has 2 aliphatic rings. The molecule has 64 heavy (non-hydrogen) atoms. The molecule has 0 bridgehead atoms. The van der Waals surface area contributed by atoms with Gasteiger partial charge in [-0.1, -0.05) is 205 Å².